The number of rotatable bonds is 8. The molecular formula is C22H21ClN2O4S. The quantitative estimate of drug-likeness (QED) is 0.619. The Morgan fingerprint density at radius 2 is 1.90 bits per heavy atom. The smallest absolute Gasteiger partial charge is 0.293 e. The molecule has 1 aliphatic rings. The largest absolute Gasteiger partial charge is 0.496 e. The van der Waals surface area contributed by atoms with Crippen LogP contribution in [0.4, 0.5) is 4.79 Å². The highest BCUT2D eigenvalue weighted by Crippen LogP contribution is 2.32. The number of methoxy groups -OCH3 is 1. The van der Waals surface area contributed by atoms with Crippen molar-refractivity contribution in [2.75, 3.05) is 20.2 Å². The van der Waals surface area contributed by atoms with Crippen LogP contribution in [0.1, 0.15) is 17.5 Å². The van der Waals surface area contributed by atoms with Crippen LogP contribution in [0, 0.1) is 0 Å². The molecule has 0 aliphatic carbocycles. The highest BCUT2D eigenvalue weighted by atomic mass is 35.5. The number of carbonyl (C=O) groups is 3. The predicted molar refractivity (Wildman–Crippen MR) is 118 cm³/mol. The number of halogens is 1. The SMILES string of the molecule is COc1ccccc1CCC(=O)NCCN1C(=O)S/C(=C\c2ccc(Cl)cc2)C1=O. The van der Waals surface area contributed by atoms with Gasteiger partial charge in [0.05, 0.1) is 12.0 Å². The molecule has 0 saturated carbocycles. The average molecular weight is 445 g/mol. The van der Waals surface area contributed by atoms with Gasteiger partial charge in [-0.25, -0.2) is 0 Å². The lowest BCUT2D eigenvalue weighted by molar-refractivity contribution is -0.124. The Morgan fingerprint density at radius 1 is 1.17 bits per heavy atom. The van der Waals surface area contributed by atoms with Gasteiger partial charge >= 0.3 is 0 Å². The van der Waals surface area contributed by atoms with Crippen molar-refractivity contribution >= 4 is 46.5 Å². The van der Waals surface area contributed by atoms with Gasteiger partial charge in [-0.2, -0.15) is 0 Å². The van der Waals surface area contributed by atoms with E-state index in [0.717, 1.165) is 33.5 Å². The third kappa shape index (κ3) is 5.64. The van der Waals surface area contributed by atoms with Crippen molar-refractivity contribution in [3.8, 4) is 5.75 Å². The molecule has 0 unspecified atom stereocenters. The number of imide groups is 1. The molecule has 3 amide bonds. The molecular weight excluding hydrogens is 424 g/mol. The second-order valence-electron chi connectivity index (χ2n) is 6.55. The van der Waals surface area contributed by atoms with Crippen molar-refractivity contribution in [1.82, 2.24) is 10.2 Å². The Labute approximate surface area is 184 Å². The minimum Gasteiger partial charge on any atom is -0.496 e. The molecule has 1 N–H and O–H groups in total. The summed E-state index contributed by atoms with van der Waals surface area (Å²) in [5.74, 6) is 0.239. The monoisotopic (exact) mass is 444 g/mol. The van der Waals surface area contributed by atoms with E-state index >= 15 is 0 Å². The van der Waals surface area contributed by atoms with Gasteiger partial charge in [-0.3, -0.25) is 19.3 Å². The summed E-state index contributed by atoms with van der Waals surface area (Å²) in [6.45, 7) is 0.333. The van der Waals surface area contributed by atoms with Crippen LogP contribution in [0.5, 0.6) is 5.75 Å². The molecule has 1 aliphatic heterocycles. The Morgan fingerprint density at radius 3 is 2.63 bits per heavy atom. The number of nitrogens with one attached hydrogen (secondary N) is 1. The number of carbonyl (C=O) groups excluding carboxylic acids is 3. The highest BCUT2D eigenvalue weighted by Gasteiger charge is 2.34. The zero-order valence-electron chi connectivity index (χ0n) is 16.4. The fraction of sp³-hybridized carbons (Fsp3) is 0.227. The molecule has 1 fully saturated rings. The van der Waals surface area contributed by atoms with Crippen LogP contribution in [0.25, 0.3) is 6.08 Å². The van der Waals surface area contributed by atoms with Crippen molar-refractivity contribution in [1.29, 1.82) is 0 Å². The van der Waals surface area contributed by atoms with Gasteiger partial charge in [-0.15, -0.1) is 0 Å². The van der Waals surface area contributed by atoms with Crippen LogP contribution in [0.15, 0.2) is 53.4 Å². The van der Waals surface area contributed by atoms with Gasteiger partial charge < -0.3 is 10.1 Å². The maximum absolute atomic E-state index is 12.5. The normalized spacial score (nSPS) is 15.0. The van der Waals surface area contributed by atoms with Crippen molar-refractivity contribution in [3.63, 3.8) is 0 Å². The number of thioether (sulfide) groups is 1. The van der Waals surface area contributed by atoms with E-state index in [2.05, 4.69) is 5.32 Å². The molecule has 30 heavy (non-hydrogen) atoms. The second-order valence-corrected chi connectivity index (χ2v) is 7.98. The summed E-state index contributed by atoms with van der Waals surface area (Å²) < 4.78 is 5.28. The minimum atomic E-state index is -0.358. The van der Waals surface area contributed by atoms with Crippen molar-refractivity contribution < 1.29 is 19.1 Å². The molecule has 0 bridgehead atoms. The van der Waals surface area contributed by atoms with E-state index in [1.165, 1.54) is 0 Å². The summed E-state index contributed by atoms with van der Waals surface area (Å²) >= 11 is 6.75. The van der Waals surface area contributed by atoms with Crippen LogP contribution >= 0.6 is 23.4 Å². The molecule has 2 aromatic rings. The average Bonchev–Trinajstić information content (AvgIpc) is 3.01. The maximum Gasteiger partial charge on any atom is 0.293 e. The Kier molecular flexibility index (Phi) is 7.54. The van der Waals surface area contributed by atoms with E-state index in [0.29, 0.717) is 22.8 Å². The number of para-hydroxylation sites is 1. The number of ether oxygens (including phenoxy) is 1. The van der Waals surface area contributed by atoms with Crippen LogP contribution in [-0.4, -0.2) is 42.2 Å². The maximum atomic E-state index is 12.5. The molecule has 0 spiro atoms. The summed E-state index contributed by atoms with van der Waals surface area (Å²) in [6, 6.07) is 14.5. The number of hydrogen-bond donors (Lipinski definition) is 1. The molecule has 0 aromatic heterocycles. The predicted octanol–water partition coefficient (Wildman–Crippen LogP) is 4.13. The Balaban J connectivity index is 1.48. The summed E-state index contributed by atoms with van der Waals surface area (Å²) in [4.78, 5) is 38.3. The fourth-order valence-corrected chi connectivity index (χ4v) is 3.95. The van der Waals surface area contributed by atoms with Gasteiger partial charge in [0.2, 0.25) is 5.91 Å². The molecule has 156 valence electrons. The summed E-state index contributed by atoms with van der Waals surface area (Å²) in [7, 11) is 1.59. The second kappa shape index (κ2) is 10.3. The Bertz CT molecular complexity index is 975. The lowest BCUT2D eigenvalue weighted by atomic mass is 10.1. The van der Waals surface area contributed by atoms with Crippen LogP contribution < -0.4 is 10.1 Å². The van der Waals surface area contributed by atoms with E-state index < -0.39 is 0 Å². The molecule has 0 atom stereocenters. The zero-order chi connectivity index (χ0) is 21.5. The van der Waals surface area contributed by atoms with Crippen molar-refractivity contribution in [3.05, 3.63) is 69.6 Å². The van der Waals surface area contributed by atoms with E-state index in [1.54, 1.807) is 37.5 Å². The van der Waals surface area contributed by atoms with Gasteiger partial charge in [-0.05, 0) is 53.6 Å². The first kappa shape index (κ1) is 21.9. The van der Waals surface area contributed by atoms with Crippen LogP contribution in [0.2, 0.25) is 5.02 Å². The minimum absolute atomic E-state index is 0.128. The zero-order valence-corrected chi connectivity index (χ0v) is 18.0. The van der Waals surface area contributed by atoms with E-state index in [1.807, 2.05) is 24.3 Å². The van der Waals surface area contributed by atoms with E-state index in [-0.39, 0.29) is 30.1 Å². The number of amides is 3. The van der Waals surface area contributed by atoms with Crippen molar-refractivity contribution in [2.24, 2.45) is 0 Å². The first-order valence-electron chi connectivity index (χ1n) is 9.37. The number of nitrogens with zero attached hydrogens (tertiary/aromatic N) is 1. The number of hydrogen-bond acceptors (Lipinski definition) is 5. The fourth-order valence-electron chi connectivity index (χ4n) is 2.96. The number of benzene rings is 2. The topological polar surface area (TPSA) is 75.7 Å². The van der Waals surface area contributed by atoms with Crippen LogP contribution in [0.3, 0.4) is 0 Å². The molecule has 1 saturated heterocycles. The summed E-state index contributed by atoms with van der Waals surface area (Å²) in [5, 5.41) is 3.01. The first-order valence-corrected chi connectivity index (χ1v) is 10.6. The molecule has 6 nitrogen and oxygen atoms in total. The van der Waals surface area contributed by atoms with Gasteiger partial charge in [0.15, 0.2) is 0 Å². The first-order chi connectivity index (χ1) is 14.5. The van der Waals surface area contributed by atoms with Gasteiger partial charge in [0.1, 0.15) is 5.75 Å². The third-order valence-electron chi connectivity index (χ3n) is 4.51. The summed E-state index contributed by atoms with van der Waals surface area (Å²) in [6.07, 6.45) is 2.49. The number of aryl methyl sites for hydroxylation is 1. The van der Waals surface area contributed by atoms with E-state index in [4.69, 9.17) is 16.3 Å². The van der Waals surface area contributed by atoms with Crippen molar-refractivity contribution in [2.45, 2.75) is 12.8 Å². The van der Waals surface area contributed by atoms with E-state index in [9.17, 15) is 14.4 Å². The van der Waals surface area contributed by atoms with Gasteiger partial charge in [0, 0.05) is 24.5 Å². The Hall–Kier alpha value is -2.77. The molecule has 3 rings (SSSR count). The molecule has 1 heterocycles. The third-order valence-corrected chi connectivity index (χ3v) is 5.67. The van der Waals surface area contributed by atoms with Gasteiger partial charge in [0.25, 0.3) is 11.1 Å². The van der Waals surface area contributed by atoms with Crippen LogP contribution in [-0.2, 0) is 16.0 Å². The molecule has 8 heteroatoms. The lowest BCUT2D eigenvalue weighted by Gasteiger charge is -2.13. The lowest BCUT2D eigenvalue weighted by Crippen LogP contribution is -2.37. The highest BCUT2D eigenvalue weighted by molar-refractivity contribution is 8.18. The standard InChI is InChI=1S/C22H21ClN2O4S/c1-29-18-5-3-2-4-16(18)8-11-20(26)24-12-13-25-21(27)19(30-22(25)28)14-15-6-9-17(23)10-7-15/h2-7,9-10,14H,8,11-13H2,1H3,(H,24,26)/b19-14-. The molecule has 2 aromatic carbocycles. The summed E-state index contributed by atoms with van der Waals surface area (Å²) in [5.41, 5.74) is 1.74. The van der Waals surface area contributed by atoms with Gasteiger partial charge in [-0.1, -0.05) is 41.9 Å². The molecule has 0 radical (unpaired) electrons.